The summed E-state index contributed by atoms with van der Waals surface area (Å²) in [5.74, 6) is -0.287. The van der Waals surface area contributed by atoms with Gasteiger partial charge in [-0.3, -0.25) is 14.9 Å². The van der Waals surface area contributed by atoms with E-state index in [1.165, 1.54) is 25.3 Å². The number of rotatable bonds is 6. The van der Waals surface area contributed by atoms with Gasteiger partial charge in [-0.2, -0.15) is 0 Å². The second-order valence-corrected chi connectivity index (χ2v) is 9.21. The van der Waals surface area contributed by atoms with Crippen molar-refractivity contribution in [1.82, 2.24) is 4.90 Å². The second kappa shape index (κ2) is 8.60. The Hall–Kier alpha value is -2.94. The lowest BCUT2D eigenvalue weighted by molar-refractivity contribution is -0.385. The molecule has 8 nitrogen and oxygen atoms in total. The largest absolute Gasteiger partial charge is 0.490 e. The molecule has 1 heterocycles. The summed E-state index contributed by atoms with van der Waals surface area (Å²) in [5, 5.41) is 10.5. The topological polar surface area (TPSA) is 107 Å². The monoisotopic (exact) mass is 418 g/mol. The van der Waals surface area contributed by atoms with Crippen LogP contribution in [0.2, 0.25) is 0 Å². The van der Waals surface area contributed by atoms with E-state index >= 15 is 0 Å². The molecule has 1 aliphatic heterocycles. The molecular formula is C20H22N2O6S. The molecule has 0 aliphatic carbocycles. The smallest absolute Gasteiger partial charge is 0.310 e. The summed E-state index contributed by atoms with van der Waals surface area (Å²) in [4.78, 5) is 24.8. The van der Waals surface area contributed by atoms with E-state index in [2.05, 4.69) is 0 Å². The molecule has 29 heavy (non-hydrogen) atoms. The van der Waals surface area contributed by atoms with Crippen molar-refractivity contribution in [3.05, 3.63) is 69.8 Å². The highest BCUT2D eigenvalue weighted by atomic mass is 32.2. The van der Waals surface area contributed by atoms with Crippen LogP contribution in [-0.4, -0.2) is 49.6 Å². The maximum Gasteiger partial charge on any atom is 0.310 e. The Bertz CT molecular complexity index is 999. The predicted molar refractivity (Wildman–Crippen MR) is 108 cm³/mol. The van der Waals surface area contributed by atoms with Gasteiger partial charge < -0.3 is 9.64 Å². The molecule has 0 unspecified atom stereocenters. The van der Waals surface area contributed by atoms with Crippen LogP contribution in [0.25, 0.3) is 0 Å². The fourth-order valence-electron chi connectivity index (χ4n) is 3.49. The first-order valence-electron chi connectivity index (χ1n) is 9.19. The van der Waals surface area contributed by atoms with Crippen molar-refractivity contribution in [3.63, 3.8) is 0 Å². The number of nitro benzene ring substituents is 1. The van der Waals surface area contributed by atoms with E-state index in [1.54, 1.807) is 17.0 Å². The number of methoxy groups -OCH3 is 1. The van der Waals surface area contributed by atoms with Crippen LogP contribution in [0.3, 0.4) is 0 Å². The lowest BCUT2D eigenvalue weighted by atomic mass is 10.1. The van der Waals surface area contributed by atoms with Crippen LogP contribution in [0.5, 0.6) is 5.75 Å². The molecular weight excluding hydrogens is 396 g/mol. The molecule has 2 aromatic carbocycles. The van der Waals surface area contributed by atoms with Gasteiger partial charge in [0.15, 0.2) is 15.6 Å². The summed E-state index contributed by atoms with van der Waals surface area (Å²) in [6.07, 6.45) is 0.732. The van der Waals surface area contributed by atoms with Gasteiger partial charge in [0.05, 0.1) is 23.0 Å². The summed E-state index contributed by atoms with van der Waals surface area (Å²) in [7, 11) is -2.00. The zero-order valence-corrected chi connectivity index (χ0v) is 16.8. The van der Waals surface area contributed by atoms with Crippen molar-refractivity contribution in [1.29, 1.82) is 0 Å². The van der Waals surface area contributed by atoms with Gasteiger partial charge in [0.1, 0.15) is 0 Å². The molecule has 9 heteroatoms. The van der Waals surface area contributed by atoms with Crippen LogP contribution in [0.1, 0.15) is 28.8 Å². The van der Waals surface area contributed by atoms with Crippen molar-refractivity contribution in [2.75, 3.05) is 20.2 Å². The van der Waals surface area contributed by atoms with Gasteiger partial charge in [-0.05, 0) is 24.5 Å². The number of amides is 1. The highest BCUT2D eigenvalue weighted by Gasteiger charge is 2.32. The minimum absolute atomic E-state index is 0.00793. The van der Waals surface area contributed by atoms with E-state index in [1.807, 2.05) is 18.2 Å². The van der Waals surface area contributed by atoms with Gasteiger partial charge in [-0.15, -0.1) is 0 Å². The zero-order valence-electron chi connectivity index (χ0n) is 16.0. The van der Waals surface area contributed by atoms with E-state index in [4.69, 9.17) is 4.74 Å². The molecule has 2 aromatic rings. The molecule has 0 N–H and O–H groups in total. The van der Waals surface area contributed by atoms with Gasteiger partial charge in [-0.25, -0.2) is 8.42 Å². The summed E-state index contributed by atoms with van der Waals surface area (Å²) >= 11 is 0. The summed E-state index contributed by atoms with van der Waals surface area (Å²) in [5.41, 5.74) is 0.816. The molecule has 0 saturated carbocycles. The molecule has 1 amide bonds. The normalized spacial score (nSPS) is 15.1. The van der Waals surface area contributed by atoms with Gasteiger partial charge in [-0.1, -0.05) is 30.3 Å². The van der Waals surface area contributed by atoms with Gasteiger partial charge in [0.2, 0.25) is 0 Å². The molecule has 1 aliphatic rings. The van der Waals surface area contributed by atoms with Crippen LogP contribution in [-0.2, 0) is 15.6 Å². The summed E-state index contributed by atoms with van der Waals surface area (Å²) < 4.78 is 30.4. The Morgan fingerprint density at radius 3 is 2.41 bits per heavy atom. The minimum Gasteiger partial charge on any atom is -0.490 e. The van der Waals surface area contributed by atoms with Crippen LogP contribution in [0.4, 0.5) is 5.69 Å². The first-order valence-corrected chi connectivity index (χ1v) is 10.9. The first kappa shape index (κ1) is 20.8. The third-order valence-electron chi connectivity index (χ3n) is 5.07. The van der Waals surface area contributed by atoms with Crippen LogP contribution < -0.4 is 4.74 Å². The molecule has 1 fully saturated rings. The fraction of sp³-hybridized carbons (Fsp3) is 0.350. The number of piperidine rings is 1. The Kier molecular flexibility index (Phi) is 6.17. The molecule has 1 saturated heterocycles. The quantitative estimate of drug-likeness (QED) is 0.527. The number of nitrogens with zero attached hydrogens (tertiary/aromatic N) is 2. The van der Waals surface area contributed by atoms with E-state index in [-0.39, 0.29) is 28.7 Å². The SMILES string of the molecule is COc1cc(C(=O)N2CCC(S(=O)(=O)Cc3ccccc3)CC2)ccc1[N+](=O)[O-]. The van der Waals surface area contributed by atoms with Crippen molar-refractivity contribution >= 4 is 21.4 Å². The molecule has 0 atom stereocenters. The zero-order chi connectivity index (χ0) is 21.0. The number of carbonyl (C=O) groups excluding carboxylic acids is 1. The Morgan fingerprint density at radius 1 is 1.17 bits per heavy atom. The maximum atomic E-state index is 12.7. The highest BCUT2D eigenvalue weighted by molar-refractivity contribution is 7.91. The van der Waals surface area contributed by atoms with Crippen LogP contribution >= 0.6 is 0 Å². The molecule has 154 valence electrons. The molecule has 0 radical (unpaired) electrons. The van der Waals surface area contributed by atoms with Gasteiger partial charge >= 0.3 is 5.69 Å². The molecule has 0 spiro atoms. The number of carbonyl (C=O) groups is 1. The number of benzene rings is 2. The average Bonchev–Trinajstić information content (AvgIpc) is 2.73. The summed E-state index contributed by atoms with van der Waals surface area (Å²) in [6, 6.07) is 13.0. The molecule has 0 aromatic heterocycles. The second-order valence-electron chi connectivity index (χ2n) is 6.93. The van der Waals surface area contributed by atoms with Crippen molar-refractivity contribution in [2.45, 2.75) is 23.8 Å². The number of hydrogen-bond donors (Lipinski definition) is 0. The van der Waals surface area contributed by atoms with E-state index in [9.17, 15) is 23.3 Å². The number of ether oxygens (including phenoxy) is 1. The lowest BCUT2D eigenvalue weighted by Crippen LogP contribution is -2.42. The Labute approximate surface area is 169 Å². The molecule has 0 bridgehead atoms. The Morgan fingerprint density at radius 2 is 1.83 bits per heavy atom. The Balaban J connectivity index is 1.66. The van der Waals surface area contributed by atoms with Gasteiger partial charge in [0.25, 0.3) is 5.91 Å². The van der Waals surface area contributed by atoms with E-state index in [0.717, 1.165) is 5.56 Å². The third-order valence-corrected chi connectivity index (χ3v) is 7.29. The minimum atomic E-state index is -3.31. The van der Waals surface area contributed by atoms with Crippen LogP contribution in [0, 0.1) is 10.1 Å². The standard InChI is InChI=1S/C20H22N2O6S/c1-28-19-13-16(7-8-18(19)22(24)25)20(23)21-11-9-17(10-12-21)29(26,27)14-15-5-3-2-4-6-15/h2-8,13,17H,9-12,14H2,1H3. The van der Waals surface area contributed by atoms with Gasteiger partial charge in [0, 0.05) is 30.8 Å². The summed E-state index contributed by atoms with van der Waals surface area (Å²) in [6.45, 7) is 0.633. The third kappa shape index (κ3) is 4.73. The number of sulfone groups is 1. The predicted octanol–water partition coefficient (Wildman–Crippen LogP) is 2.82. The van der Waals surface area contributed by atoms with Crippen molar-refractivity contribution < 1.29 is 22.9 Å². The molecule has 3 rings (SSSR count). The highest BCUT2D eigenvalue weighted by Crippen LogP contribution is 2.29. The lowest BCUT2D eigenvalue weighted by Gasteiger charge is -2.32. The maximum absolute atomic E-state index is 12.7. The van der Waals surface area contributed by atoms with Crippen LogP contribution in [0.15, 0.2) is 48.5 Å². The first-order chi connectivity index (χ1) is 13.8. The average molecular weight is 418 g/mol. The van der Waals surface area contributed by atoms with Crippen molar-refractivity contribution in [3.8, 4) is 5.75 Å². The number of hydrogen-bond acceptors (Lipinski definition) is 6. The van der Waals surface area contributed by atoms with E-state index < -0.39 is 20.0 Å². The number of likely N-dealkylation sites (tertiary alicyclic amines) is 1. The van der Waals surface area contributed by atoms with Crippen molar-refractivity contribution in [2.24, 2.45) is 0 Å². The number of nitro groups is 1. The van der Waals surface area contributed by atoms with E-state index in [0.29, 0.717) is 25.9 Å². The fourth-order valence-corrected chi connectivity index (χ4v) is 5.31.